The minimum atomic E-state index is -0.168. The van der Waals surface area contributed by atoms with E-state index in [1.165, 1.54) is 0 Å². The number of rotatable bonds is 6. The molecule has 0 radical (unpaired) electrons. The Labute approximate surface area is 161 Å². The molecule has 1 heterocycles. The lowest BCUT2D eigenvalue weighted by Crippen LogP contribution is -2.35. The van der Waals surface area contributed by atoms with Gasteiger partial charge < -0.3 is 19.5 Å². The van der Waals surface area contributed by atoms with Gasteiger partial charge in [0, 0.05) is 4.47 Å². The van der Waals surface area contributed by atoms with Gasteiger partial charge in [-0.3, -0.25) is 4.79 Å². The van der Waals surface area contributed by atoms with Gasteiger partial charge in [0.05, 0.1) is 6.04 Å². The van der Waals surface area contributed by atoms with Crippen molar-refractivity contribution in [3.05, 3.63) is 52.5 Å². The highest BCUT2D eigenvalue weighted by atomic mass is 79.9. The molecule has 26 heavy (non-hydrogen) atoms. The molecule has 2 aromatic carbocycles. The average Bonchev–Trinajstić information content (AvgIpc) is 2.64. The molecule has 5 nitrogen and oxygen atoms in total. The summed E-state index contributed by atoms with van der Waals surface area (Å²) in [5.41, 5.74) is 0.986. The van der Waals surface area contributed by atoms with Crippen LogP contribution in [0.1, 0.15) is 25.5 Å². The monoisotopic (exact) mass is 419 g/mol. The Morgan fingerprint density at radius 2 is 1.92 bits per heavy atom. The van der Waals surface area contributed by atoms with E-state index in [2.05, 4.69) is 35.1 Å². The van der Waals surface area contributed by atoms with Crippen LogP contribution in [0.4, 0.5) is 0 Å². The maximum atomic E-state index is 12.4. The standard InChI is InChI=1S/C20H22BrNO4/c1-13(2)20(14-6-7-17-18(10-14)25-9-8-24-17)22-19(23)12-26-16-5-3-4-15(21)11-16/h3-7,10-11,13,20H,8-9,12H2,1-2H3,(H,22,23)/t20-/m0/s1. The predicted octanol–water partition coefficient (Wildman–Crippen LogP) is 4.11. The normalized spacial score (nSPS) is 14.0. The van der Waals surface area contributed by atoms with Crippen molar-refractivity contribution in [2.75, 3.05) is 19.8 Å². The van der Waals surface area contributed by atoms with Crippen molar-refractivity contribution >= 4 is 21.8 Å². The second kappa shape index (κ2) is 8.45. The fraction of sp³-hybridized carbons (Fsp3) is 0.350. The lowest BCUT2D eigenvalue weighted by Gasteiger charge is -2.25. The molecule has 0 unspecified atom stereocenters. The van der Waals surface area contributed by atoms with Crippen molar-refractivity contribution in [2.45, 2.75) is 19.9 Å². The molecule has 1 aliphatic heterocycles. The zero-order valence-electron chi connectivity index (χ0n) is 14.8. The van der Waals surface area contributed by atoms with Crippen LogP contribution in [0.15, 0.2) is 46.9 Å². The molecule has 0 fully saturated rings. The van der Waals surface area contributed by atoms with E-state index in [1.807, 2.05) is 42.5 Å². The van der Waals surface area contributed by atoms with Crippen LogP contribution >= 0.6 is 15.9 Å². The third-order valence-electron chi connectivity index (χ3n) is 4.07. The maximum Gasteiger partial charge on any atom is 0.258 e. The van der Waals surface area contributed by atoms with Gasteiger partial charge in [-0.05, 0) is 41.8 Å². The zero-order chi connectivity index (χ0) is 18.5. The number of benzene rings is 2. The van der Waals surface area contributed by atoms with E-state index < -0.39 is 0 Å². The van der Waals surface area contributed by atoms with Gasteiger partial charge in [-0.15, -0.1) is 0 Å². The van der Waals surface area contributed by atoms with E-state index in [9.17, 15) is 4.79 Å². The Bertz CT molecular complexity index is 778. The first kappa shape index (κ1) is 18.6. The third kappa shape index (κ3) is 4.69. The Morgan fingerprint density at radius 3 is 2.65 bits per heavy atom. The second-order valence-corrected chi connectivity index (χ2v) is 7.35. The first-order chi connectivity index (χ1) is 12.5. The number of amides is 1. The highest BCUT2D eigenvalue weighted by Gasteiger charge is 2.21. The summed E-state index contributed by atoms with van der Waals surface area (Å²) < 4.78 is 17.7. The van der Waals surface area contributed by atoms with E-state index in [-0.39, 0.29) is 24.5 Å². The molecule has 6 heteroatoms. The van der Waals surface area contributed by atoms with Crippen LogP contribution in [0.2, 0.25) is 0 Å². The molecule has 0 saturated carbocycles. The molecule has 1 atom stereocenters. The van der Waals surface area contributed by atoms with Crippen LogP contribution < -0.4 is 19.5 Å². The van der Waals surface area contributed by atoms with Gasteiger partial charge in [0.1, 0.15) is 19.0 Å². The fourth-order valence-corrected chi connectivity index (χ4v) is 3.19. The highest BCUT2D eigenvalue weighted by Crippen LogP contribution is 2.34. The number of nitrogens with one attached hydrogen (secondary N) is 1. The van der Waals surface area contributed by atoms with Crippen LogP contribution in [0, 0.1) is 5.92 Å². The minimum absolute atomic E-state index is 0.0375. The summed E-state index contributed by atoms with van der Waals surface area (Å²) in [5, 5.41) is 3.05. The van der Waals surface area contributed by atoms with E-state index in [0.29, 0.717) is 19.0 Å². The van der Waals surface area contributed by atoms with Crippen molar-refractivity contribution in [1.82, 2.24) is 5.32 Å². The van der Waals surface area contributed by atoms with Crippen molar-refractivity contribution in [2.24, 2.45) is 5.92 Å². The average molecular weight is 420 g/mol. The molecule has 2 aromatic rings. The lowest BCUT2D eigenvalue weighted by molar-refractivity contribution is -0.124. The first-order valence-corrected chi connectivity index (χ1v) is 9.39. The van der Waals surface area contributed by atoms with Crippen molar-refractivity contribution < 1.29 is 19.0 Å². The number of hydrogen-bond acceptors (Lipinski definition) is 4. The van der Waals surface area contributed by atoms with Crippen LogP contribution in [-0.2, 0) is 4.79 Å². The number of carbonyl (C=O) groups is 1. The Hall–Kier alpha value is -2.21. The summed E-state index contributed by atoms with van der Waals surface area (Å²) in [4.78, 5) is 12.4. The van der Waals surface area contributed by atoms with Crippen LogP contribution in [0.25, 0.3) is 0 Å². The third-order valence-corrected chi connectivity index (χ3v) is 4.57. The van der Waals surface area contributed by atoms with Gasteiger partial charge >= 0.3 is 0 Å². The van der Waals surface area contributed by atoms with E-state index in [4.69, 9.17) is 14.2 Å². The Kier molecular flexibility index (Phi) is 6.04. The maximum absolute atomic E-state index is 12.4. The van der Waals surface area contributed by atoms with Crippen LogP contribution in [0.5, 0.6) is 17.2 Å². The number of fused-ring (bicyclic) bond motifs is 1. The van der Waals surface area contributed by atoms with E-state index >= 15 is 0 Å². The molecule has 0 spiro atoms. The fourth-order valence-electron chi connectivity index (χ4n) is 2.81. The van der Waals surface area contributed by atoms with Gasteiger partial charge in [-0.1, -0.05) is 41.9 Å². The summed E-state index contributed by atoms with van der Waals surface area (Å²) in [5.74, 6) is 2.16. The van der Waals surface area contributed by atoms with Crippen LogP contribution in [0.3, 0.4) is 0 Å². The summed E-state index contributed by atoms with van der Waals surface area (Å²) in [7, 11) is 0. The summed E-state index contributed by atoms with van der Waals surface area (Å²) >= 11 is 3.39. The summed E-state index contributed by atoms with van der Waals surface area (Å²) in [6.07, 6.45) is 0. The first-order valence-electron chi connectivity index (χ1n) is 8.60. The van der Waals surface area contributed by atoms with Gasteiger partial charge in [-0.2, -0.15) is 0 Å². The summed E-state index contributed by atoms with van der Waals surface area (Å²) in [6, 6.07) is 13.1. The molecule has 1 amide bonds. The number of hydrogen-bond donors (Lipinski definition) is 1. The lowest BCUT2D eigenvalue weighted by atomic mass is 9.95. The quantitative estimate of drug-likeness (QED) is 0.764. The molecule has 0 aromatic heterocycles. The van der Waals surface area contributed by atoms with Crippen LogP contribution in [-0.4, -0.2) is 25.7 Å². The highest BCUT2D eigenvalue weighted by molar-refractivity contribution is 9.10. The molecule has 138 valence electrons. The smallest absolute Gasteiger partial charge is 0.258 e. The zero-order valence-corrected chi connectivity index (χ0v) is 16.4. The molecule has 1 aliphatic rings. The summed E-state index contributed by atoms with van der Waals surface area (Å²) in [6.45, 7) is 5.19. The number of carbonyl (C=O) groups excluding carboxylic acids is 1. The van der Waals surface area contributed by atoms with E-state index in [0.717, 1.165) is 21.5 Å². The molecule has 1 N–H and O–H groups in total. The molecule has 0 bridgehead atoms. The Morgan fingerprint density at radius 1 is 1.15 bits per heavy atom. The molecule has 3 rings (SSSR count). The SMILES string of the molecule is CC(C)[C@H](NC(=O)COc1cccc(Br)c1)c1ccc2c(c1)OCCO2. The molecular weight excluding hydrogens is 398 g/mol. The number of ether oxygens (including phenoxy) is 3. The topological polar surface area (TPSA) is 56.8 Å². The molecule has 0 saturated heterocycles. The van der Waals surface area contributed by atoms with E-state index in [1.54, 1.807) is 0 Å². The van der Waals surface area contributed by atoms with Crippen molar-refractivity contribution in [3.63, 3.8) is 0 Å². The van der Waals surface area contributed by atoms with Gasteiger partial charge in [0.15, 0.2) is 18.1 Å². The van der Waals surface area contributed by atoms with Gasteiger partial charge in [0.25, 0.3) is 5.91 Å². The molecule has 0 aliphatic carbocycles. The van der Waals surface area contributed by atoms with Crippen molar-refractivity contribution in [1.29, 1.82) is 0 Å². The Balaban J connectivity index is 1.65. The predicted molar refractivity (Wildman–Crippen MR) is 103 cm³/mol. The minimum Gasteiger partial charge on any atom is -0.486 e. The second-order valence-electron chi connectivity index (χ2n) is 6.44. The van der Waals surface area contributed by atoms with Gasteiger partial charge in [-0.25, -0.2) is 0 Å². The van der Waals surface area contributed by atoms with Crippen molar-refractivity contribution in [3.8, 4) is 17.2 Å². The largest absolute Gasteiger partial charge is 0.486 e. The molecular formula is C20H22BrNO4. The van der Waals surface area contributed by atoms with Gasteiger partial charge in [0.2, 0.25) is 0 Å². The number of halogens is 1.